The molecule has 0 aliphatic heterocycles. The van der Waals surface area contributed by atoms with Gasteiger partial charge in [0.15, 0.2) is 0 Å². The fourth-order valence-corrected chi connectivity index (χ4v) is 2.70. The number of nitrogens with one attached hydrogen (secondary N) is 1. The average molecular weight is 260 g/mol. The lowest BCUT2D eigenvalue weighted by Crippen LogP contribution is -2.24. The molecule has 0 saturated carbocycles. The Morgan fingerprint density at radius 3 is 2.78 bits per heavy atom. The number of thiazole rings is 1. The molecule has 0 fully saturated rings. The molecule has 2 aromatic rings. The fourth-order valence-electron chi connectivity index (χ4n) is 2.06. The molecule has 96 valence electrons. The van der Waals surface area contributed by atoms with Crippen LogP contribution in [-0.4, -0.2) is 11.0 Å². The predicted molar refractivity (Wildman–Crippen MR) is 80.1 cm³/mol. The van der Waals surface area contributed by atoms with Crippen molar-refractivity contribution in [3.05, 3.63) is 35.8 Å². The van der Waals surface area contributed by atoms with E-state index in [4.69, 9.17) is 0 Å². The van der Waals surface area contributed by atoms with Gasteiger partial charge in [0.2, 0.25) is 0 Å². The second kappa shape index (κ2) is 6.01. The third-order valence-electron chi connectivity index (χ3n) is 3.14. The Kier molecular flexibility index (Phi) is 4.37. The van der Waals surface area contributed by atoms with Gasteiger partial charge in [0.05, 0.1) is 0 Å². The Balaban J connectivity index is 2.17. The Bertz CT molecular complexity index is 477. The van der Waals surface area contributed by atoms with Gasteiger partial charge in [-0.15, -0.1) is 11.3 Å². The van der Waals surface area contributed by atoms with E-state index in [-0.39, 0.29) is 0 Å². The second-order valence-electron chi connectivity index (χ2n) is 4.82. The maximum Gasteiger partial charge on any atom is 0.123 e. The van der Waals surface area contributed by atoms with E-state index in [1.54, 1.807) is 11.3 Å². The zero-order valence-corrected chi connectivity index (χ0v) is 12.0. The van der Waals surface area contributed by atoms with Crippen LogP contribution in [0.5, 0.6) is 0 Å². The van der Waals surface area contributed by atoms with E-state index in [1.807, 2.05) is 11.6 Å². The van der Waals surface area contributed by atoms with Crippen LogP contribution < -0.4 is 5.32 Å². The molecule has 1 unspecified atom stereocenters. The van der Waals surface area contributed by atoms with Gasteiger partial charge in [-0.25, -0.2) is 4.98 Å². The molecule has 2 nitrogen and oxygen atoms in total. The van der Waals surface area contributed by atoms with Crippen LogP contribution in [0.3, 0.4) is 0 Å². The first-order chi connectivity index (χ1) is 8.70. The largest absolute Gasteiger partial charge is 0.382 e. The molecule has 1 N–H and O–H groups in total. The molecular formula is C15H20N2S. The van der Waals surface area contributed by atoms with Gasteiger partial charge in [0.25, 0.3) is 0 Å². The van der Waals surface area contributed by atoms with Crippen molar-refractivity contribution in [3.8, 4) is 10.6 Å². The van der Waals surface area contributed by atoms with Gasteiger partial charge in [-0.05, 0) is 24.5 Å². The maximum absolute atomic E-state index is 4.35. The topological polar surface area (TPSA) is 24.9 Å². The Hall–Kier alpha value is -1.35. The monoisotopic (exact) mass is 260 g/mol. The summed E-state index contributed by atoms with van der Waals surface area (Å²) in [5, 5.41) is 6.70. The Morgan fingerprint density at radius 1 is 1.33 bits per heavy atom. The van der Waals surface area contributed by atoms with Gasteiger partial charge in [-0.3, -0.25) is 0 Å². The molecule has 0 aliphatic carbocycles. The lowest BCUT2D eigenvalue weighted by Gasteiger charge is -2.22. The van der Waals surface area contributed by atoms with Crippen LogP contribution in [0.1, 0.15) is 27.2 Å². The van der Waals surface area contributed by atoms with E-state index in [0.29, 0.717) is 12.0 Å². The quantitative estimate of drug-likeness (QED) is 0.846. The average Bonchev–Trinajstić information content (AvgIpc) is 2.90. The van der Waals surface area contributed by atoms with Crippen molar-refractivity contribution in [2.45, 2.75) is 33.2 Å². The summed E-state index contributed by atoms with van der Waals surface area (Å²) in [6.07, 6.45) is 2.99. The number of hydrogen-bond acceptors (Lipinski definition) is 3. The second-order valence-corrected chi connectivity index (χ2v) is 5.72. The van der Waals surface area contributed by atoms with Crippen LogP contribution in [0.4, 0.5) is 5.69 Å². The molecule has 0 aliphatic rings. The standard InChI is InChI=1S/C15H20N2S/c1-4-14(11(2)3)17-13-7-5-6-12(10-13)15-16-8-9-18-15/h5-11,14,17H,4H2,1-3H3. The van der Waals surface area contributed by atoms with Crippen molar-refractivity contribution in [2.24, 2.45) is 5.92 Å². The van der Waals surface area contributed by atoms with Crippen molar-refractivity contribution in [1.29, 1.82) is 0 Å². The van der Waals surface area contributed by atoms with Crippen LogP contribution >= 0.6 is 11.3 Å². The van der Waals surface area contributed by atoms with Crippen LogP contribution in [-0.2, 0) is 0 Å². The maximum atomic E-state index is 4.35. The van der Waals surface area contributed by atoms with Crippen LogP contribution in [0.25, 0.3) is 10.6 Å². The summed E-state index contributed by atoms with van der Waals surface area (Å²) in [5.74, 6) is 0.638. The van der Waals surface area contributed by atoms with Crippen molar-refractivity contribution >= 4 is 17.0 Å². The summed E-state index contributed by atoms with van der Waals surface area (Å²) >= 11 is 1.68. The highest BCUT2D eigenvalue weighted by molar-refractivity contribution is 7.13. The highest BCUT2D eigenvalue weighted by Crippen LogP contribution is 2.25. The minimum atomic E-state index is 0.525. The molecule has 0 saturated heterocycles. The number of benzene rings is 1. The molecular weight excluding hydrogens is 240 g/mol. The zero-order valence-electron chi connectivity index (χ0n) is 11.2. The molecule has 0 radical (unpaired) electrons. The molecule has 3 heteroatoms. The number of nitrogens with zero attached hydrogens (tertiary/aromatic N) is 1. The smallest absolute Gasteiger partial charge is 0.123 e. The van der Waals surface area contributed by atoms with E-state index in [2.05, 4.69) is 55.3 Å². The van der Waals surface area contributed by atoms with Gasteiger partial charge in [0.1, 0.15) is 5.01 Å². The van der Waals surface area contributed by atoms with E-state index >= 15 is 0 Å². The zero-order chi connectivity index (χ0) is 13.0. The summed E-state index contributed by atoms with van der Waals surface area (Å²) in [7, 11) is 0. The lowest BCUT2D eigenvalue weighted by atomic mass is 10.0. The number of rotatable bonds is 5. The summed E-state index contributed by atoms with van der Waals surface area (Å²) in [5.41, 5.74) is 2.37. The minimum absolute atomic E-state index is 0.525. The van der Waals surface area contributed by atoms with Gasteiger partial charge in [-0.1, -0.05) is 32.9 Å². The van der Waals surface area contributed by atoms with Gasteiger partial charge in [-0.2, -0.15) is 0 Å². The van der Waals surface area contributed by atoms with Crippen molar-refractivity contribution in [3.63, 3.8) is 0 Å². The molecule has 1 aromatic carbocycles. The van der Waals surface area contributed by atoms with Crippen molar-refractivity contribution in [2.75, 3.05) is 5.32 Å². The normalized spacial score (nSPS) is 12.7. The van der Waals surface area contributed by atoms with E-state index in [1.165, 1.54) is 11.3 Å². The molecule has 1 atom stereocenters. The van der Waals surface area contributed by atoms with Crippen LogP contribution in [0.2, 0.25) is 0 Å². The minimum Gasteiger partial charge on any atom is -0.382 e. The molecule has 18 heavy (non-hydrogen) atoms. The first-order valence-electron chi connectivity index (χ1n) is 6.47. The molecule has 1 heterocycles. The van der Waals surface area contributed by atoms with Crippen molar-refractivity contribution in [1.82, 2.24) is 4.98 Å². The molecule has 0 amide bonds. The summed E-state index contributed by atoms with van der Waals surface area (Å²) in [4.78, 5) is 4.35. The lowest BCUT2D eigenvalue weighted by molar-refractivity contribution is 0.511. The van der Waals surface area contributed by atoms with Gasteiger partial charge in [0, 0.05) is 28.9 Å². The number of aromatic nitrogens is 1. The van der Waals surface area contributed by atoms with E-state index in [0.717, 1.165) is 11.4 Å². The summed E-state index contributed by atoms with van der Waals surface area (Å²) in [6, 6.07) is 9.04. The predicted octanol–water partition coefficient (Wildman–Crippen LogP) is 4.66. The molecule has 2 rings (SSSR count). The third-order valence-corrected chi connectivity index (χ3v) is 3.96. The fraction of sp³-hybridized carbons (Fsp3) is 0.400. The molecule has 0 spiro atoms. The van der Waals surface area contributed by atoms with Crippen LogP contribution in [0, 0.1) is 5.92 Å². The molecule has 0 bridgehead atoms. The third kappa shape index (κ3) is 3.10. The van der Waals surface area contributed by atoms with E-state index < -0.39 is 0 Å². The summed E-state index contributed by atoms with van der Waals surface area (Å²) < 4.78 is 0. The first kappa shape index (κ1) is 13.1. The van der Waals surface area contributed by atoms with Crippen molar-refractivity contribution < 1.29 is 0 Å². The highest BCUT2D eigenvalue weighted by Gasteiger charge is 2.11. The SMILES string of the molecule is CCC(Nc1cccc(-c2nccs2)c1)C(C)C. The van der Waals surface area contributed by atoms with Gasteiger partial charge < -0.3 is 5.32 Å². The number of hydrogen-bond donors (Lipinski definition) is 1. The molecule has 1 aromatic heterocycles. The van der Waals surface area contributed by atoms with Gasteiger partial charge >= 0.3 is 0 Å². The van der Waals surface area contributed by atoms with E-state index in [9.17, 15) is 0 Å². The highest BCUT2D eigenvalue weighted by atomic mass is 32.1. The van der Waals surface area contributed by atoms with Crippen LogP contribution in [0.15, 0.2) is 35.8 Å². The summed E-state index contributed by atoms with van der Waals surface area (Å²) in [6.45, 7) is 6.74. The Labute approximate surface area is 113 Å². The Morgan fingerprint density at radius 2 is 2.17 bits per heavy atom. The first-order valence-corrected chi connectivity index (χ1v) is 7.35. The number of anilines is 1.